The largest absolute Gasteiger partial charge is 0.398 e. The maximum absolute atomic E-state index is 12.8. The molecule has 4 aromatic rings. The Hall–Kier alpha value is -4.28. The number of carbonyl (C=O) groups excluding carboxylic acids is 2. The summed E-state index contributed by atoms with van der Waals surface area (Å²) in [6, 6.07) is 23.0. The number of aromatic nitrogens is 1. The van der Waals surface area contributed by atoms with Gasteiger partial charge in [0.15, 0.2) is 0 Å². The van der Waals surface area contributed by atoms with Crippen LogP contribution in [-0.2, 0) is 0 Å². The van der Waals surface area contributed by atoms with E-state index in [2.05, 4.69) is 42.2 Å². The van der Waals surface area contributed by atoms with Crippen LogP contribution in [0, 0.1) is 6.92 Å². The van der Waals surface area contributed by atoms with Crippen molar-refractivity contribution in [2.24, 2.45) is 5.73 Å². The predicted molar refractivity (Wildman–Crippen MR) is 165 cm³/mol. The van der Waals surface area contributed by atoms with Crippen molar-refractivity contribution in [1.29, 1.82) is 0 Å². The van der Waals surface area contributed by atoms with Gasteiger partial charge in [-0.2, -0.15) is 0 Å². The number of carbonyl (C=O) groups is 2. The molecule has 0 saturated heterocycles. The highest BCUT2D eigenvalue weighted by Crippen LogP contribution is 2.23. The number of hydrogen-bond donors (Lipinski definition) is 5. The van der Waals surface area contributed by atoms with E-state index in [1.807, 2.05) is 54.8 Å². The number of nitrogens with two attached hydrogens (primary N) is 1. The molecule has 3 aromatic carbocycles. The molecule has 0 fully saturated rings. The summed E-state index contributed by atoms with van der Waals surface area (Å²) in [6.07, 6.45) is 3.43. The summed E-state index contributed by atoms with van der Waals surface area (Å²) in [5, 5.41) is 13.7. The Morgan fingerprint density at radius 2 is 1.56 bits per heavy atom. The van der Waals surface area contributed by atoms with Crippen molar-refractivity contribution in [2.45, 2.75) is 6.92 Å². The Morgan fingerprint density at radius 1 is 0.897 bits per heavy atom. The average Bonchev–Trinajstić information content (AvgIpc) is 2.94. The minimum Gasteiger partial charge on any atom is -0.398 e. The monoisotopic (exact) mass is 602 g/mol. The summed E-state index contributed by atoms with van der Waals surface area (Å²) < 4.78 is 0.926. The molecular weight excluding hydrogens is 576 g/mol. The van der Waals surface area contributed by atoms with E-state index in [-0.39, 0.29) is 11.9 Å². The van der Waals surface area contributed by atoms with Gasteiger partial charge in [-0.1, -0.05) is 22.0 Å². The Labute approximate surface area is 239 Å². The fourth-order valence-corrected chi connectivity index (χ4v) is 4.38. The number of pyridine rings is 1. The van der Waals surface area contributed by atoms with Crippen molar-refractivity contribution >= 4 is 68.1 Å². The maximum Gasteiger partial charge on any atom is 0.323 e. The molecule has 39 heavy (non-hydrogen) atoms. The van der Waals surface area contributed by atoms with E-state index in [0.29, 0.717) is 34.2 Å². The number of rotatable bonds is 9. The van der Waals surface area contributed by atoms with E-state index in [9.17, 15) is 9.59 Å². The predicted octanol–water partition coefficient (Wildman–Crippen LogP) is 7.11. The summed E-state index contributed by atoms with van der Waals surface area (Å²) >= 11 is 4.90. The molecule has 0 spiro atoms. The minimum absolute atomic E-state index is 0.253. The molecule has 0 aliphatic heterocycles. The van der Waals surface area contributed by atoms with E-state index in [4.69, 9.17) is 5.73 Å². The van der Waals surface area contributed by atoms with E-state index in [1.54, 1.807) is 48.8 Å². The zero-order chi connectivity index (χ0) is 27.6. The van der Waals surface area contributed by atoms with E-state index in [0.717, 1.165) is 21.3 Å². The Morgan fingerprint density at radius 3 is 2.23 bits per heavy atom. The fourth-order valence-electron chi connectivity index (χ4n) is 3.48. The van der Waals surface area contributed by atoms with E-state index < -0.39 is 0 Å². The van der Waals surface area contributed by atoms with Gasteiger partial charge in [0.2, 0.25) is 0 Å². The molecule has 0 aliphatic rings. The fraction of sp³-hybridized carbons (Fsp3) is 0.0690. The first kappa shape index (κ1) is 27.7. The van der Waals surface area contributed by atoms with Gasteiger partial charge in [0.25, 0.3) is 5.91 Å². The zero-order valence-corrected chi connectivity index (χ0v) is 23.5. The number of aryl methyl sites for hydroxylation is 1. The van der Waals surface area contributed by atoms with E-state index >= 15 is 0 Å². The highest BCUT2D eigenvalue weighted by Gasteiger charge is 2.09. The van der Waals surface area contributed by atoms with Crippen LogP contribution < -0.4 is 27.0 Å². The van der Waals surface area contributed by atoms with Crippen molar-refractivity contribution in [3.05, 3.63) is 118 Å². The van der Waals surface area contributed by atoms with Crippen molar-refractivity contribution < 1.29 is 9.59 Å². The van der Waals surface area contributed by atoms with E-state index in [1.165, 1.54) is 11.8 Å². The molecule has 198 valence electrons. The third-order valence-electron chi connectivity index (χ3n) is 5.55. The summed E-state index contributed by atoms with van der Waals surface area (Å²) in [4.78, 5) is 29.1. The van der Waals surface area contributed by atoms with Gasteiger partial charge >= 0.3 is 6.03 Å². The second kappa shape index (κ2) is 13.5. The van der Waals surface area contributed by atoms with Crippen molar-refractivity contribution in [3.63, 3.8) is 0 Å². The van der Waals surface area contributed by atoms with Gasteiger partial charge in [0.1, 0.15) is 0 Å². The van der Waals surface area contributed by atoms with Crippen LogP contribution in [0.15, 0.2) is 101 Å². The van der Waals surface area contributed by atoms with Crippen LogP contribution in [0.4, 0.5) is 27.5 Å². The number of benzene rings is 3. The third-order valence-corrected chi connectivity index (χ3v) is 6.81. The smallest absolute Gasteiger partial charge is 0.323 e. The number of amides is 3. The highest BCUT2D eigenvalue weighted by atomic mass is 79.9. The summed E-state index contributed by atoms with van der Waals surface area (Å²) in [5.41, 5.74) is 12.0. The van der Waals surface area contributed by atoms with Gasteiger partial charge in [0, 0.05) is 56.4 Å². The lowest BCUT2D eigenvalue weighted by atomic mass is 10.1. The number of nitrogens with zero attached hydrogens (tertiary/aromatic N) is 1. The van der Waals surface area contributed by atoms with Crippen LogP contribution in [0.3, 0.4) is 0 Å². The molecule has 0 saturated carbocycles. The Balaban J connectivity index is 1.29. The van der Waals surface area contributed by atoms with Crippen LogP contribution >= 0.6 is 27.7 Å². The lowest BCUT2D eigenvalue weighted by Crippen LogP contribution is -2.19. The van der Waals surface area contributed by atoms with Crippen molar-refractivity contribution in [2.75, 3.05) is 27.1 Å². The van der Waals surface area contributed by atoms with Gasteiger partial charge in [-0.25, -0.2) is 4.79 Å². The number of hydrogen-bond acceptors (Lipinski definition) is 6. The molecule has 4 rings (SSSR count). The Bertz CT molecular complexity index is 1460. The van der Waals surface area contributed by atoms with Crippen LogP contribution in [0.2, 0.25) is 0 Å². The first-order valence-corrected chi connectivity index (χ1v) is 13.8. The quantitative estimate of drug-likeness (QED) is 0.103. The normalized spacial score (nSPS) is 11.0. The Kier molecular flexibility index (Phi) is 9.60. The van der Waals surface area contributed by atoms with Crippen LogP contribution in [-0.4, -0.2) is 22.8 Å². The first-order chi connectivity index (χ1) is 18.9. The molecule has 8 nitrogen and oxygen atoms in total. The number of urea groups is 1. The molecule has 10 heteroatoms. The zero-order valence-electron chi connectivity index (χ0n) is 21.1. The van der Waals surface area contributed by atoms with Crippen LogP contribution in [0.25, 0.3) is 5.70 Å². The maximum atomic E-state index is 12.8. The lowest BCUT2D eigenvalue weighted by molar-refractivity contribution is 0.102. The van der Waals surface area contributed by atoms with Gasteiger partial charge in [-0.3, -0.25) is 9.78 Å². The molecule has 0 aliphatic carbocycles. The summed E-state index contributed by atoms with van der Waals surface area (Å²) in [7, 11) is 0. The molecule has 0 atom stereocenters. The third kappa shape index (κ3) is 8.36. The lowest BCUT2D eigenvalue weighted by Gasteiger charge is -2.12. The molecular formula is C29H27BrN6O2S. The van der Waals surface area contributed by atoms with Gasteiger partial charge in [-0.05, 0) is 90.7 Å². The summed E-state index contributed by atoms with van der Waals surface area (Å²) in [6.45, 7) is 2.00. The molecule has 6 N–H and O–H groups in total. The molecule has 0 radical (unpaired) electrons. The number of thioether (sulfide) groups is 1. The minimum atomic E-state index is -0.373. The standard InChI is InChI=1S/C29H27BrN6O2S/c1-19-4-9-25(15-27(19)33-18-39-17-26(31)21-3-2-14-32-16-21)34-28(37)20-5-10-23(11-6-20)35-29(38)36-24-12-7-22(30)8-13-24/h2-17,33H,18,31H2,1H3,(H,34,37)(H2,35,36,38)/b26-17-. The molecule has 1 heterocycles. The average molecular weight is 604 g/mol. The van der Waals surface area contributed by atoms with Gasteiger partial charge in [0.05, 0.1) is 5.88 Å². The second-order valence-corrected chi connectivity index (χ2v) is 10.2. The van der Waals surface area contributed by atoms with Crippen molar-refractivity contribution in [1.82, 2.24) is 4.98 Å². The molecule has 3 amide bonds. The topological polar surface area (TPSA) is 121 Å². The molecule has 0 bridgehead atoms. The van der Waals surface area contributed by atoms with Crippen LogP contribution in [0.1, 0.15) is 21.5 Å². The van der Waals surface area contributed by atoms with Crippen LogP contribution in [0.5, 0.6) is 0 Å². The highest BCUT2D eigenvalue weighted by molar-refractivity contribution is 9.10. The molecule has 0 unspecified atom stereocenters. The number of anilines is 4. The SMILES string of the molecule is Cc1ccc(NC(=O)c2ccc(NC(=O)Nc3ccc(Br)cc3)cc2)cc1NCS/C=C(\N)c1cccnc1. The number of nitrogens with one attached hydrogen (secondary N) is 4. The van der Waals surface area contributed by atoms with Gasteiger partial charge in [-0.15, -0.1) is 11.8 Å². The second-order valence-electron chi connectivity index (χ2n) is 8.45. The van der Waals surface area contributed by atoms with Gasteiger partial charge < -0.3 is 27.0 Å². The number of halogens is 1. The molecule has 1 aromatic heterocycles. The summed E-state index contributed by atoms with van der Waals surface area (Å²) in [5.74, 6) is 0.348. The van der Waals surface area contributed by atoms with Crippen molar-refractivity contribution in [3.8, 4) is 0 Å². The first-order valence-electron chi connectivity index (χ1n) is 11.9.